The lowest BCUT2D eigenvalue weighted by Gasteiger charge is -2.09. The summed E-state index contributed by atoms with van der Waals surface area (Å²) >= 11 is 5.60. The molecule has 0 unspecified atom stereocenters. The second kappa shape index (κ2) is 5.63. The number of halogens is 1. The molecule has 4 heteroatoms. The smallest absolute Gasteiger partial charge is 0.162 e. The molecule has 0 amide bonds. The molecule has 3 nitrogen and oxygen atoms in total. The molecule has 82 valence electrons. The predicted octanol–water partition coefficient (Wildman–Crippen LogP) is 2.24. The molecule has 0 aliphatic carbocycles. The van der Waals surface area contributed by atoms with Crippen molar-refractivity contribution in [2.75, 3.05) is 13.7 Å². The van der Waals surface area contributed by atoms with Crippen LogP contribution in [0.3, 0.4) is 0 Å². The number of rotatable bonds is 5. The van der Waals surface area contributed by atoms with Crippen molar-refractivity contribution in [2.45, 2.75) is 6.54 Å². The van der Waals surface area contributed by atoms with Gasteiger partial charge in [-0.15, -0.1) is 0 Å². The molecule has 0 aliphatic rings. The number of hydrogen-bond donors (Lipinski definition) is 2. The van der Waals surface area contributed by atoms with E-state index in [4.69, 9.17) is 16.3 Å². The van der Waals surface area contributed by atoms with Crippen LogP contribution in [0.1, 0.15) is 5.56 Å². The van der Waals surface area contributed by atoms with Crippen LogP contribution in [0.25, 0.3) is 0 Å². The van der Waals surface area contributed by atoms with Gasteiger partial charge in [0.1, 0.15) is 0 Å². The van der Waals surface area contributed by atoms with E-state index in [1.54, 1.807) is 6.07 Å². The average molecular weight is 228 g/mol. The number of phenolic OH excluding ortho intramolecular Hbond substituents is 1. The third-order valence-electron chi connectivity index (χ3n) is 1.93. The Balaban J connectivity index is 2.64. The Labute approximate surface area is 94.3 Å². The zero-order valence-electron chi connectivity index (χ0n) is 8.59. The standard InChI is InChI=1S/C11H14ClNO2/c1-8(12)6-13-7-9-4-3-5-10(15-2)11(9)14/h3-5,13-14H,1,6-7H2,2H3. The summed E-state index contributed by atoms with van der Waals surface area (Å²) in [5.41, 5.74) is 0.771. The van der Waals surface area contributed by atoms with Gasteiger partial charge >= 0.3 is 0 Å². The first-order chi connectivity index (χ1) is 7.15. The molecule has 2 N–H and O–H groups in total. The van der Waals surface area contributed by atoms with E-state index < -0.39 is 0 Å². The van der Waals surface area contributed by atoms with Crippen molar-refractivity contribution < 1.29 is 9.84 Å². The van der Waals surface area contributed by atoms with Gasteiger partial charge in [0, 0.05) is 23.7 Å². The minimum atomic E-state index is 0.160. The summed E-state index contributed by atoms with van der Waals surface area (Å²) in [5, 5.41) is 13.3. The lowest BCUT2D eigenvalue weighted by atomic mass is 10.2. The van der Waals surface area contributed by atoms with E-state index in [0.717, 1.165) is 5.56 Å². The van der Waals surface area contributed by atoms with Gasteiger partial charge in [-0.3, -0.25) is 0 Å². The highest BCUT2D eigenvalue weighted by atomic mass is 35.5. The van der Waals surface area contributed by atoms with Crippen molar-refractivity contribution in [3.8, 4) is 11.5 Å². The van der Waals surface area contributed by atoms with Gasteiger partial charge in [0.2, 0.25) is 0 Å². The zero-order chi connectivity index (χ0) is 11.3. The Morgan fingerprint density at radius 1 is 1.60 bits per heavy atom. The van der Waals surface area contributed by atoms with E-state index in [1.165, 1.54) is 7.11 Å². The quantitative estimate of drug-likeness (QED) is 0.811. The number of methoxy groups -OCH3 is 1. The van der Waals surface area contributed by atoms with E-state index in [-0.39, 0.29) is 5.75 Å². The minimum absolute atomic E-state index is 0.160. The van der Waals surface area contributed by atoms with Gasteiger partial charge in [0.25, 0.3) is 0 Å². The first-order valence-electron chi connectivity index (χ1n) is 4.54. The number of benzene rings is 1. The van der Waals surface area contributed by atoms with E-state index >= 15 is 0 Å². The van der Waals surface area contributed by atoms with Crippen LogP contribution < -0.4 is 10.1 Å². The number of hydrogen-bond acceptors (Lipinski definition) is 3. The summed E-state index contributed by atoms with van der Waals surface area (Å²) in [6, 6.07) is 5.35. The van der Waals surface area contributed by atoms with Crippen molar-refractivity contribution in [1.29, 1.82) is 0 Å². The molecule has 0 fully saturated rings. The Kier molecular flexibility index (Phi) is 4.46. The summed E-state index contributed by atoms with van der Waals surface area (Å²) in [6.45, 7) is 4.59. The monoisotopic (exact) mass is 227 g/mol. The first-order valence-corrected chi connectivity index (χ1v) is 4.91. The molecule has 0 atom stereocenters. The number of aromatic hydroxyl groups is 1. The number of nitrogens with one attached hydrogen (secondary N) is 1. The molecule has 0 saturated carbocycles. The van der Waals surface area contributed by atoms with E-state index in [0.29, 0.717) is 23.9 Å². The van der Waals surface area contributed by atoms with Crippen molar-refractivity contribution in [3.63, 3.8) is 0 Å². The van der Waals surface area contributed by atoms with Gasteiger partial charge in [-0.25, -0.2) is 0 Å². The van der Waals surface area contributed by atoms with Gasteiger partial charge in [0.05, 0.1) is 7.11 Å². The third-order valence-corrected chi connectivity index (χ3v) is 2.07. The maximum absolute atomic E-state index is 9.73. The van der Waals surface area contributed by atoms with Gasteiger partial charge in [0.15, 0.2) is 11.5 Å². The Morgan fingerprint density at radius 2 is 2.33 bits per heavy atom. The molecule has 0 heterocycles. The van der Waals surface area contributed by atoms with Crippen LogP contribution >= 0.6 is 11.6 Å². The largest absolute Gasteiger partial charge is 0.504 e. The predicted molar refractivity (Wildman–Crippen MR) is 61.4 cm³/mol. The molecule has 1 aromatic carbocycles. The number of para-hydroxylation sites is 1. The summed E-state index contributed by atoms with van der Waals surface area (Å²) in [5.74, 6) is 0.631. The van der Waals surface area contributed by atoms with Gasteiger partial charge in [-0.1, -0.05) is 30.3 Å². The highest BCUT2D eigenvalue weighted by Gasteiger charge is 2.06. The van der Waals surface area contributed by atoms with Gasteiger partial charge in [-0.05, 0) is 6.07 Å². The number of ether oxygens (including phenoxy) is 1. The summed E-state index contributed by atoms with van der Waals surface area (Å²) in [4.78, 5) is 0. The Bertz CT molecular complexity index is 352. The normalized spacial score (nSPS) is 10.0. The summed E-state index contributed by atoms with van der Waals surface area (Å²) in [7, 11) is 1.52. The lowest BCUT2D eigenvalue weighted by molar-refractivity contribution is 0.370. The van der Waals surface area contributed by atoms with Gasteiger partial charge < -0.3 is 15.2 Å². The molecule has 0 radical (unpaired) electrons. The fourth-order valence-corrected chi connectivity index (χ4v) is 1.30. The first kappa shape index (κ1) is 11.9. The van der Waals surface area contributed by atoms with Crippen LogP contribution in [-0.2, 0) is 6.54 Å². The van der Waals surface area contributed by atoms with Crippen LogP contribution in [0.5, 0.6) is 11.5 Å². The van der Waals surface area contributed by atoms with Crippen LogP contribution in [0.2, 0.25) is 0 Å². The van der Waals surface area contributed by atoms with Crippen LogP contribution in [0.4, 0.5) is 0 Å². The molecule has 1 aromatic rings. The lowest BCUT2D eigenvalue weighted by Crippen LogP contribution is -2.14. The van der Waals surface area contributed by atoms with Crippen LogP contribution in [0.15, 0.2) is 29.8 Å². The molecule has 0 saturated heterocycles. The second-order valence-corrected chi connectivity index (χ2v) is 3.62. The molecule has 1 rings (SSSR count). The van der Waals surface area contributed by atoms with E-state index in [2.05, 4.69) is 11.9 Å². The van der Waals surface area contributed by atoms with Crippen LogP contribution in [-0.4, -0.2) is 18.8 Å². The van der Waals surface area contributed by atoms with Crippen molar-refractivity contribution in [2.24, 2.45) is 0 Å². The third kappa shape index (κ3) is 3.46. The molecular formula is C11H14ClNO2. The molecular weight excluding hydrogens is 214 g/mol. The van der Waals surface area contributed by atoms with Crippen LogP contribution in [0, 0.1) is 0 Å². The van der Waals surface area contributed by atoms with Crippen molar-refractivity contribution >= 4 is 11.6 Å². The maximum atomic E-state index is 9.73. The average Bonchev–Trinajstić information content (AvgIpc) is 2.20. The minimum Gasteiger partial charge on any atom is -0.504 e. The van der Waals surface area contributed by atoms with Gasteiger partial charge in [-0.2, -0.15) is 0 Å². The van der Waals surface area contributed by atoms with Crippen molar-refractivity contribution in [1.82, 2.24) is 5.32 Å². The Hall–Kier alpha value is -1.19. The molecule has 0 aliphatic heterocycles. The fraction of sp³-hybridized carbons (Fsp3) is 0.273. The highest BCUT2D eigenvalue weighted by Crippen LogP contribution is 2.28. The zero-order valence-corrected chi connectivity index (χ0v) is 9.34. The topological polar surface area (TPSA) is 41.5 Å². The van der Waals surface area contributed by atoms with E-state index in [1.807, 2.05) is 12.1 Å². The maximum Gasteiger partial charge on any atom is 0.162 e. The summed E-state index contributed by atoms with van der Waals surface area (Å²) < 4.78 is 4.99. The molecule has 0 aromatic heterocycles. The highest BCUT2D eigenvalue weighted by molar-refractivity contribution is 6.29. The molecule has 15 heavy (non-hydrogen) atoms. The fourth-order valence-electron chi connectivity index (χ4n) is 1.21. The Morgan fingerprint density at radius 3 is 2.93 bits per heavy atom. The van der Waals surface area contributed by atoms with E-state index in [9.17, 15) is 5.11 Å². The molecule has 0 bridgehead atoms. The second-order valence-electron chi connectivity index (χ2n) is 3.09. The SMILES string of the molecule is C=C(Cl)CNCc1cccc(OC)c1O. The molecule has 0 spiro atoms. The van der Waals surface area contributed by atoms with Crippen molar-refractivity contribution in [3.05, 3.63) is 35.4 Å². The number of phenols is 1. The summed E-state index contributed by atoms with van der Waals surface area (Å²) in [6.07, 6.45) is 0.